The summed E-state index contributed by atoms with van der Waals surface area (Å²) in [6.45, 7) is 3.13. The van der Waals surface area contributed by atoms with Crippen molar-refractivity contribution in [2.45, 2.75) is 19.4 Å². The molecule has 0 bridgehead atoms. The molecule has 1 heterocycles. The van der Waals surface area contributed by atoms with E-state index < -0.39 is 0 Å². The number of nitrogens with one attached hydrogen (secondary N) is 1. The highest BCUT2D eigenvalue weighted by molar-refractivity contribution is 5.50. The fourth-order valence-corrected chi connectivity index (χ4v) is 1.43. The molecule has 1 aromatic heterocycles. The molecule has 0 aromatic carbocycles. The fraction of sp³-hybridized carbons (Fsp3) is 0.583. The number of rotatable bonds is 8. The molecule has 0 aliphatic carbocycles. The maximum absolute atomic E-state index is 9.25. The number of anilines is 1. The number of methoxy groups -OCH3 is 1. The second-order valence-corrected chi connectivity index (χ2v) is 3.59. The Morgan fingerprint density at radius 2 is 2.35 bits per heavy atom. The SMILES string of the molecule is CCOc1cccnc1NC(CO)CCOC. The van der Waals surface area contributed by atoms with Crippen molar-refractivity contribution >= 4 is 5.82 Å². The van der Waals surface area contributed by atoms with Crippen LogP contribution in [-0.4, -0.2) is 43.1 Å². The average Bonchev–Trinajstić information content (AvgIpc) is 2.36. The Hall–Kier alpha value is -1.33. The molecule has 0 saturated heterocycles. The predicted molar refractivity (Wildman–Crippen MR) is 66.4 cm³/mol. The van der Waals surface area contributed by atoms with Gasteiger partial charge in [-0.15, -0.1) is 0 Å². The topological polar surface area (TPSA) is 63.6 Å². The van der Waals surface area contributed by atoms with Gasteiger partial charge in [-0.05, 0) is 25.5 Å². The van der Waals surface area contributed by atoms with Crippen molar-refractivity contribution in [2.75, 3.05) is 32.2 Å². The van der Waals surface area contributed by atoms with E-state index in [1.165, 1.54) is 0 Å². The van der Waals surface area contributed by atoms with E-state index in [2.05, 4.69) is 10.3 Å². The molecule has 0 radical (unpaired) electrons. The molecular formula is C12H20N2O3. The van der Waals surface area contributed by atoms with Crippen LogP contribution in [0.25, 0.3) is 0 Å². The lowest BCUT2D eigenvalue weighted by Gasteiger charge is -2.18. The Balaban J connectivity index is 2.64. The quantitative estimate of drug-likeness (QED) is 0.717. The van der Waals surface area contributed by atoms with Gasteiger partial charge in [0.05, 0.1) is 19.3 Å². The van der Waals surface area contributed by atoms with Crippen LogP contribution in [0.4, 0.5) is 5.82 Å². The zero-order valence-electron chi connectivity index (χ0n) is 10.3. The van der Waals surface area contributed by atoms with E-state index in [9.17, 15) is 5.11 Å². The molecule has 1 unspecified atom stereocenters. The summed E-state index contributed by atoms with van der Waals surface area (Å²) in [5, 5.41) is 12.4. The van der Waals surface area contributed by atoms with E-state index in [0.717, 1.165) is 6.42 Å². The molecule has 5 heteroatoms. The van der Waals surface area contributed by atoms with E-state index in [0.29, 0.717) is 24.8 Å². The molecule has 1 atom stereocenters. The number of ether oxygens (including phenoxy) is 2. The van der Waals surface area contributed by atoms with Crippen molar-refractivity contribution in [1.29, 1.82) is 0 Å². The summed E-state index contributed by atoms with van der Waals surface area (Å²) in [4.78, 5) is 4.21. The fourth-order valence-electron chi connectivity index (χ4n) is 1.43. The van der Waals surface area contributed by atoms with Gasteiger partial charge in [0, 0.05) is 19.9 Å². The van der Waals surface area contributed by atoms with Crippen LogP contribution in [-0.2, 0) is 4.74 Å². The van der Waals surface area contributed by atoms with Crippen LogP contribution < -0.4 is 10.1 Å². The van der Waals surface area contributed by atoms with Crippen molar-refractivity contribution in [1.82, 2.24) is 4.98 Å². The molecular weight excluding hydrogens is 220 g/mol. The van der Waals surface area contributed by atoms with Gasteiger partial charge >= 0.3 is 0 Å². The molecule has 1 aromatic rings. The summed E-state index contributed by atoms with van der Waals surface area (Å²) >= 11 is 0. The predicted octanol–water partition coefficient (Wildman–Crippen LogP) is 1.29. The summed E-state index contributed by atoms with van der Waals surface area (Å²) in [6.07, 6.45) is 2.41. The minimum Gasteiger partial charge on any atom is -0.490 e. The summed E-state index contributed by atoms with van der Waals surface area (Å²) in [5.41, 5.74) is 0. The highest BCUT2D eigenvalue weighted by atomic mass is 16.5. The van der Waals surface area contributed by atoms with Crippen LogP contribution in [0.1, 0.15) is 13.3 Å². The Labute approximate surface area is 102 Å². The number of aliphatic hydroxyl groups excluding tert-OH is 1. The monoisotopic (exact) mass is 240 g/mol. The van der Waals surface area contributed by atoms with Gasteiger partial charge in [-0.2, -0.15) is 0 Å². The van der Waals surface area contributed by atoms with E-state index in [4.69, 9.17) is 9.47 Å². The first-order valence-electron chi connectivity index (χ1n) is 5.76. The number of aliphatic hydroxyl groups is 1. The second-order valence-electron chi connectivity index (χ2n) is 3.59. The van der Waals surface area contributed by atoms with Crippen LogP contribution in [0.5, 0.6) is 5.75 Å². The molecule has 96 valence electrons. The van der Waals surface area contributed by atoms with Gasteiger partial charge in [0.15, 0.2) is 11.6 Å². The highest BCUT2D eigenvalue weighted by Gasteiger charge is 2.11. The lowest BCUT2D eigenvalue weighted by atomic mass is 10.2. The van der Waals surface area contributed by atoms with Gasteiger partial charge in [0.25, 0.3) is 0 Å². The lowest BCUT2D eigenvalue weighted by molar-refractivity contribution is 0.174. The summed E-state index contributed by atoms with van der Waals surface area (Å²) in [7, 11) is 1.64. The summed E-state index contributed by atoms with van der Waals surface area (Å²) in [5.74, 6) is 1.36. The third kappa shape index (κ3) is 4.58. The Bertz CT molecular complexity index is 320. The Morgan fingerprint density at radius 1 is 1.53 bits per heavy atom. The zero-order chi connectivity index (χ0) is 12.5. The van der Waals surface area contributed by atoms with E-state index in [1.54, 1.807) is 13.3 Å². The number of pyridine rings is 1. The van der Waals surface area contributed by atoms with Crippen LogP contribution in [0.3, 0.4) is 0 Å². The molecule has 0 amide bonds. The molecule has 0 aliphatic heterocycles. The van der Waals surface area contributed by atoms with E-state index in [-0.39, 0.29) is 12.6 Å². The van der Waals surface area contributed by atoms with Crippen LogP contribution in [0.2, 0.25) is 0 Å². The number of aromatic nitrogens is 1. The number of nitrogens with zero attached hydrogens (tertiary/aromatic N) is 1. The summed E-state index contributed by atoms with van der Waals surface area (Å²) < 4.78 is 10.4. The van der Waals surface area contributed by atoms with Gasteiger partial charge in [0.1, 0.15) is 0 Å². The van der Waals surface area contributed by atoms with Crippen LogP contribution in [0.15, 0.2) is 18.3 Å². The third-order valence-electron chi connectivity index (χ3n) is 2.30. The highest BCUT2D eigenvalue weighted by Crippen LogP contribution is 2.21. The number of hydrogen-bond donors (Lipinski definition) is 2. The second kappa shape index (κ2) is 7.86. The third-order valence-corrected chi connectivity index (χ3v) is 2.30. The van der Waals surface area contributed by atoms with E-state index in [1.807, 2.05) is 19.1 Å². The largest absolute Gasteiger partial charge is 0.490 e. The normalized spacial score (nSPS) is 12.2. The van der Waals surface area contributed by atoms with Crippen molar-refractivity contribution in [3.05, 3.63) is 18.3 Å². The molecule has 2 N–H and O–H groups in total. The van der Waals surface area contributed by atoms with Crippen LogP contribution >= 0.6 is 0 Å². The minimum atomic E-state index is -0.0796. The van der Waals surface area contributed by atoms with Gasteiger partial charge in [-0.3, -0.25) is 0 Å². The van der Waals surface area contributed by atoms with Gasteiger partial charge < -0.3 is 19.9 Å². The number of hydrogen-bond acceptors (Lipinski definition) is 5. The van der Waals surface area contributed by atoms with Crippen LogP contribution in [0, 0.1) is 0 Å². The summed E-state index contributed by atoms with van der Waals surface area (Å²) in [6, 6.07) is 3.59. The van der Waals surface area contributed by atoms with Gasteiger partial charge in [-0.1, -0.05) is 0 Å². The minimum absolute atomic E-state index is 0.0332. The van der Waals surface area contributed by atoms with E-state index >= 15 is 0 Å². The molecule has 5 nitrogen and oxygen atoms in total. The van der Waals surface area contributed by atoms with Crippen molar-refractivity contribution < 1.29 is 14.6 Å². The first kappa shape index (κ1) is 13.7. The smallest absolute Gasteiger partial charge is 0.169 e. The average molecular weight is 240 g/mol. The Kier molecular flexibility index (Phi) is 6.35. The first-order chi connectivity index (χ1) is 8.31. The maximum Gasteiger partial charge on any atom is 0.169 e. The van der Waals surface area contributed by atoms with Crippen molar-refractivity contribution in [3.63, 3.8) is 0 Å². The van der Waals surface area contributed by atoms with Crippen molar-refractivity contribution in [2.24, 2.45) is 0 Å². The molecule has 1 rings (SSSR count). The molecule has 0 aliphatic rings. The molecule has 17 heavy (non-hydrogen) atoms. The van der Waals surface area contributed by atoms with Gasteiger partial charge in [0.2, 0.25) is 0 Å². The zero-order valence-corrected chi connectivity index (χ0v) is 10.3. The van der Waals surface area contributed by atoms with Crippen molar-refractivity contribution in [3.8, 4) is 5.75 Å². The standard InChI is InChI=1S/C12H20N2O3/c1-3-17-11-5-4-7-13-12(11)14-10(9-15)6-8-16-2/h4-5,7,10,15H,3,6,8-9H2,1-2H3,(H,13,14). The van der Waals surface area contributed by atoms with Gasteiger partial charge in [-0.25, -0.2) is 4.98 Å². The first-order valence-corrected chi connectivity index (χ1v) is 5.76. The molecule has 0 saturated carbocycles. The maximum atomic E-state index is 9.25. The molecule has 0 fully saturated rings. The lowest BCUT2D eigenvalue weighted by Crippen LogP contribution is -2.26. The Morgan fingerprint density at radius 3 is 3.00 bits per heavy atom. The molecule has 0 spiro atoms.